The van der Waals surface area contributed by atoms with E-state index in [1.54, 1.807) is 0 Å². The van der Waals surface area contributed by atoms with Gasteiger partial charge >= 0.3 is 5.97 Å². The van der Waals surface area contributed by atoms with Crippen LogP contribution in [-0.2, 0) is 9.53 Å². The molecule has 0 fully saturated rings. The predicted molar refractivity (Wildman–Crippen MR) is 138 cm³/mol. The number of rotatable bonds is 6. The molecule has 168 valence electrons. The van der Waals surface area contributed by atoms with Crippen molar-refractivity contribution in [2.24, 2.45) is 4.99 Å². The van der Waals surface area contributed by atoms with Crippen molar-refractivity contribution < 1.29 is 14.6 Å². The maximum atomic E-state index is 12.5. The van der Waals surface area contributed by atoms with Gasteiger partial charge in [0, 0.05) is 24.2 Å². The Hall–Kier alpha value is -3.51. The number of anilines is 1. The summed E-state index contributed by atoms with van der Waals surface area (Å²) < 4.78 is 4.94. The van der Waals surface area contributed by atoms with Crippen LogP contribution in [0.3, 0.4) is 0 Å². The second-order valence-electron chi connectivity index (χ2n) is 7.50. The van der Waals surface area contributed by atoms with E-state index in [1.165, 1.54) is 18.9 Å². The molecule has 33 heavy (non-hydrogen) atoms. The van der Waals surface area contributed by atoms with Gasteiger partial charge in [0.2, 0.25) is 0 Å². The Morgan fingerprint density at radius 2 is 1.73 bits per heavy atom. The van der Waals surface area contributed by atoms with E-state index in [0.717, 1.165) is 40.8 Å². The SMILES string of the molecule is CCN(CC)c1ccc(C=C2SC(=Nc3cccc4ccccc34)C(C(=O)OC)=C2O)cc1. The van der Waals surface area contributed by atoms with Crippen molar-refractivity contribution in [1.29, 1.82) is 0 Å². The van der Waals surface area contributed by atoms with Crippen molar-refractivity contribution in [2.45, 2.75) is 13.8 Å². The minimum atomic E-state index is -0.612. The summed E-state index contributed by atoms with van der Waals surface area (Å²) in [4.78, 5) is 20.1. The van der Waals surface area contributed by atoms with Gasteiger partial charge in [0.05, 0.1) is 17.7 Å². The molecule has 1 N–H and O–H groups in total. The molecule has 1 heterocycles. The van der Waals surface area contributed by atoms with Crippen molar-refractivity contribution >= 4 is 51.0 Å². The van der Waals surface area contributed by atoms with Gasteiger partial charge in [0.25, 0.3) is 0 Å². The van der Waals surface area contributed by atoms with Crippen LogP contribution in [0.2, 0.25) is 0 Å². The Labute approximate surface area is 198 Å². The predicted octanol–water partition coefficient (Wildman–Crippen LogP) is 6.49. The molecule has 5 nitrogen and oxygen atoms in total. The number of methoxy groups -OCH3 is 1. The van der Waals surface area contributed by atoms with Gasteiger partial charge in [-0.05, 0) is 49.1 Å². The van der Waals surface area contributed by atoms with Gasteiger partial charge in [-0.25, -0.2) is 9.79 Å². The third kappa shape index (κ3) is 4.66. The Bertz CT molecular complexity index is 1270. The summed E-state index contributed by atoms with van der Waals surface area (Å²) in [6.07, 6.45) is 1.86. The molecule has 3 aromatic carbocycles. The van der Waals surface area contributed by atoms with Gasteiger partial charge < -0.3 is 14.7 Å². The highest BCUT2D eigenvalue weighted by molar-refractivity contribution is 8.18. The molecule has 0 aromatic heterocycles. The van der Waals surface area contributed by atoms with E-state index in [1.807, 2.05) is 60.7 Å². The standard InChI is InChI=1S/C27H26N2O3S/c1-4-29(5-2)20-15-13-18(14-16-20)17-23-25(30)24(27(31)32-3)26(33-23)28-22-12-8-10-19-9-6-7-11-21(19)22/h6-17,30H,4-5H2,1-3H3. The molecule has 0 unspecified atom stereocenters. The second kappa shape index (κ2) is 9.96. The van der Waals surface area contributed by atoms with Crippen LogP contribution in [0.4, 0.5) is 11.4 Å². The molecule has 3 aromatic rings. The Kier molecular flexibility index (Phi) is 6.84. The smallest absolute Gasteiger partial charge is 0.344 e. The molecule has 6 heteroatoms. The monoisotopic (exact) mass is 458 g/mol. The van der Waals surface area contributed by atoms with Crippen molar-refractivity contribution in [3.05, 3.63) is 88.5 Å². The van der Waals surface area contributed by atoms with Crippen LogP contribution in [0.1, 0.15) is 19.4 Å². The molecule has 0 aliphatic carbocycles. The molecule has 1 aliphatic rings. The Morgan fingerprint density at radius 1 is 1.03 bits per heavy atom. The first kappa shape index (κ1) is 22.7. The number of carbonyl (C=O) groups excluding carboxylic acids is 1. The van der Waals surface area contributed by atoms with Crippen molar-refractivity contribution in [1.82, 2.24) is 0 Å². The number of thioether (sulfide) groups is 1. The van der Waals surface area contributed by atoms with E-state index >= 15 is 0 Å². The van der Waals surface area contributed by atoms with Gasteiger partial charge in [-0.15, -0.1) is 0 Å². The van der Waals surface area contributed by atoms with Crippen LogP contribution < -0.4 is 4.90 Å². The van der Waals surface area contributed by atoms with Crippen LogP contribution in [0, 0.1) is 0 Å². The first-order valence-electron chi connectivity index (χ1n) is 10.9. The van der Waals surface area contributed by atoms with Gasteiger partial charge in [0.15, 0.2) is 0 Å². The highest BCUT2D eigenvalue weighted by Gasteiger charge is 2.33. The molecule has 0 saturated heterocycles. The first-order chi connectivity index (χ1) is 16.0. The number of nitrogens with zero attached hydrogens (tertiary/aromatic N) is 2. The lowest BCUT2D eigenvalue weighted by Gasteiger charge is -2.20. The first-order valence-corrected chi connectivity index (χ1v) is 11.7. The number of benzene rings is 3. The van der Waals surface area contributed by atoms with E-state index in [-0.39, 0.29) is 11.3 Å². The average Bonchev–Trinajstić information content (AvgIpc) is 3.15. The Morgan fingerprint density at radius 3 is 2.42 bits per heavy atom. The van der Waals surface area contributed by atoms with Crippen LogP contribution in [0.5, 0.6) is 0 Å². The number of aliphatic hydroxyl groups excluding tert-OH is 1. The number of hydrogen-bond acceptors (Lipinski definition) is 6. The zero-order valence-corrected chi connectivity index (χ0v) is 19.7. The molecular formula is C27H26N2O3S. The zero-order valence-electron chi connectivity index (χ0n) is 18.9. The van der Waals surface area contributed by atoms with Crippen molar-refractivity contribution in [3.8, 4) is 0 Å². The number of aliphatic hydroxyl groups is 1. The van der Waals surface area contributed by atoms with Crippen molar-refractivity contribution in [2.75, 3.05) is 25.1 Å². The molecule has 0 bridgehead atoms. The summed E-state index contributed by atoms with van der Waals surface area (Å²) in [6.45, 7) is 6.13. The number of aliphatic imine (C=N–C) groups is 1. The molecule has 0 spiro atoms. The topological polar surface area (TPSA) is 62.1 Å². The summed E-state index contributed by atoms with van der Waals surface area (Å²) in [5.41, 5.74) is 2.89. The van der Waals surface area contributed by atoms with E-state index < -0.39 is 5.97 Å². The van der Waals surface area contributed by atoms with Crippen molar-refractivity contribution in [3.63, 3.8) is 0 Å². The highest BCUT2D eigenvalue weighted by Crippen LogP contribution is 2.41. The molecule has 0 atom stereocenters. The maximum Gasteiger partial charge on any atom is 0.344 e. The lowest BCUT2D eigenvalue weighted by Crippen LogP contribution is -2.21. The van der Waals surface area contributed by atoms with E-state index in [2.05, 4.69) is 30.9 Å². The number of carbonyl (C=O) groups is 1. The number of esters is 1. The van der Waals surface area contributed by atoms with Gasteiger partial charge in [-0.3, -0.25) is 0 Å². The fraction of sp³-hybridized carbons (Fsp3) is 0.185. The average molecular weight is 459 g/mol. The second-order valence-corrected chi connectivity index (χ2v) is 8.54. The largest absolute Gasteiger partial charge is 0.506 e. The molecule has 1 aliphatic heterocycles. The molecule has 0 saturated carbocycles. The minimum Gasteiger partial charge on any atom is -0.506 e. The number of ether oxygens (including phenoxy) is 1. The lowest BCUT2D eigenvalue weighted by atomic mass is 10.1. The fourth-order valence-electron chi connectivity index (χ4n) is 3.83. The fourth-order valence-corrected chi connectivity index (χ4v) is 4.86. The normalized spacial score (nSPS) is 16.1. The summed E-state index contributed by atoms with van der Waals surface area (Å²) in [5, 5.41) is 13.3. The number of hydrogen-bond donors (Lipinski definition) is 1. The highest BCUT2D eigenvalue weighted by atomic mass is 32.2. The van der Waals surface area contributed by atoms with Gasteiger partial charge in [-0.2, -0.15) is 0 Å². The van der Waals surface area contributed by atoms with Gasteiger partial charge in [-0.1, -0.05) is 60.3 Å². The van der Waals surface area contributed by atoms with Gasteiger partial charge in [0.1, 0.15) is 16.4 Å². The quantitative estimate of drug-likeness (QED) is 0.428. The third-order valence-electron chi connectivity index (χ3n) is 5.59. The van der Waals surface area contributed by atoms with E-state index in [0.29, 0.717) is 9.95 Å². The third-order valence-corrected chi connectivity index (χ3v) is 6.61. The summed E-state index contributed by atoms with van der Waals surface area (Å²) in [5.74, 6) is -0.724. The molecule has 0 radical (unpaired) electrons. The van der Waals surface area contributed by atoms with Crippen LogP contribution in [0.15, 0.2) is 88.0 Å². The van der Waals surface area contributed by atoms with E-state index in [4.69, 9.17) is 9.73 Å². The molecule has 0 amide bonds. The van der Waals surface area contributed by atoms with E-state index in [9.17, 15) is 9.90 Å². The molecular weight excluding hydrogens is 432 g/mol. The van der Waals surface area contributed by atoms with Crippen LogP contribution >= 0.6 is 11.8 Å². The lowest BCUT2D eigenvalue weighted by molar-refractivity contribution is -0.135. The minimum absolute atomic E-state index is 0.0847. The zero-order chi connectivity index (χ0) is 23.4. The summed E-state index contributed by atoms with van der Waals surface area (Å²) >= 11 is 1.26. The van der Waals surface area contributed by atoms with Crippen LogP contribution in [0.25, 0.3) is 16.8 Å². The van der Waals surface area contributed by atoms with Crippen LogP contribution in [-0.4, -0.2) is 36.3 Å². The Balaban J connectivity index is 1.73. The summed E-state index contributed by atoms with van der Waals surface area (Å²) in [6, 6.07) is 21.9. The number of fused-ring (bicyclic) bond motifs is 1. The summed E-state index contributed by atoms with van der Waals surface area (Å²) in [7, 11) is 1.30. The molecule has 4 rings (SSSR count). The maximum absolute atomic E-state index is 12.5.